The van der Waals surface area contributed by atoms with Crippen LogP contribution in [0.1, 0.15) is 11.1 Å². The smallest absolute Gasteiger partial charge is 0.140 e. The van der Waals surface area contributed by atoms with E-state index >= 15 is 0 Å². The number of hydrogen-bond acceptors (Lipinski definition) is 2. The summed E-state index contributed by atoms with van der Waals surface area (Å²) in [5, 5.41) is 9.23. The molecular formula is C10H7NO. The maximum Gasteiger partial charge on any atom is 0.140 e. The third-order valence-corrected chi connectivity index (χ3v) is 1.48. The molecule has 0 aliphatic carbocycles. The normalized spacial score (nSPS) is 8.50. The molecule has 0 amide bonds. The topological polar surface area (TPSA) is 46.2 Å². The summed E-state index contributed by atoms with van der Waals surface area (Å²) in [4.78, 5) is 0. The van der Waals surface area contributed by atoms with Crippen LogP contribution in [0.3, 0.4) is 0 Å². The number of phenols is 1. The Balaban J connectivity index is 3.44. The Morgan fingerprint density at radius 2 is 1.92 bits per heavy atom. The Morgan fingerprint density at radius 1 is 1.25 bits per heavy atom. The molecule has 0 aromatic heterocycles. The lowest BCUT2D eigenvalue weighted by Crippen LogP contribution is -1.91. The van der Waals surface area contributed by atoms with Gasteiger partial charge in [-0.25, -0.2) is 0 Å². The lowest BCUT2D eigenvalue weighted by molar-refractivity contribution is 0.477. The van der Waals surface area contributed by atoms with E-state index in [9.17, 15) is 5.11 Å². The summed E-state index contributed by atoms with van der Waals surface area (Å²) in [5.74, 6) is 4.62. The van der Waals surface area contributed by atoms with Gasteiger partial charge in [0.1, 0.15) is 5.75 Å². The fraction of sp³-hybridized carbons (Fsp3) is 0. The van der Waals surface area contributed by atoms with E-state index in [-0.39, 0.29) is 11.4 Å². The molecule has 0 bridgehead atoms. The number of phenolic OH excluding ortho intramolecular Hbond substituents is 1. The maximum atomic E-state index is 9.23. The molecule has 0 aliphatic rings. The molecule has 0 fully saturated rings. The molecule has 3 N–H and O–H groups in total. The number of hydrogen-bond donors (Lipinski definition) is 2. The second-order valence-electron chi connectivity index (χ2n) is 2.25. The minimum absolute atomic E-state index is 0.0709. The first kappa shape index (κ1) is 8.04. The van der Waals surface area contributed by atoms with Crippen molar-refractivity contribution in [3.8, 4) is 30.4 Å². The highest BCUT2D eigenvalue weighted by Crippen LogP contribution is 2.24. The van der Waals surface area contributed by atoms with E-state index in [0.29, 0.717) is 11.1 Å². The minimum Gasteiger partial charge on any atom is -0.506 e. The standard InChI is InChI=1S/C10H7NO/c1-3-7-5-8(4-2)10(11)9(12)6-7/h1-2,5-6,12H,11H2. The highest BCUT2D eigenvalue weighted by molar-refractivity contribution is 5.66. The number of benzene rings is 1. The van der Waals surface area contributed by atoms with Gasteiger partial charge in [-0.1, -0.05) is 11.8 Å². The fourth-order valence-electron chi connectivity index (χ4n) is 0.841. The van der Waals surface area contributed by atoms with Crippen LogP contribution in [0.15, 0.2) is 12.1 Å². The van der Waals surface area contributed by atoms with Crippen molar-refractivity contribution in [2.45, 2.75) is 0 Å². The summed E-state index contributed by atoms with van der Waals surface area (Å²) in [6, 6.07) is 2.98. The van der Waals surface area contributed by atoms with Crippen LogP contribution < -0.4 is 5.73 Å². The van der Waals surface area contributed by atoms with Gasteiger partial charge in [0.05, 0.1) is 11.3 Å². The van der Waals surface area contributed by atoms with Gasteiger partial charge < -0.3 is 10.8 Å². The van der Waals surface area contributed by atoms with E-state index in [2.05, 4.69) is 11.8 Å². The van der Waals surface area contributed by atoms with Crippen LogP contribution in [-0.4, -0.2) is 5.11 Å². The molecule has 2 heteroatoms. The number of rotatable bonds is 0. The molecule has 0 saturated heterocycles. The van der Waals surface area contributed by atoms with Crippen LogP contribution in [0.25, 0.3) is 0 Å². The Morgan fingerprint density at radius 3 is 2.42 bits per heavy atom. The van der Waals surface area contributed by atoms with Gasteiger partial charge >= 0.3 is 0 Å². The summed E-state index contributed by atoms with van der Waals surface area (Å²) in [7, 11) is 0. The van der Waals surface area contributed by atoms with Crippen molar-refractivity contribution < 1.29 is 5.11 Å². The molecule has 58 valence electrons. The minimum atomic E-state index is -0.0709. The van der Waals surface area contributed by atoms with E-state index in [1.54, 1.807) is 6.07 Å². The van der Waals surface area contributed by atoms with Crippen LogP contribution in [-0.2, 0) is 0 Å². The van der Waals surface area contributed by atoms with Crippen molar-refractivity contribution >= 4 is 5.69 Å². The molecule has 1 aromatic carbocycles. The van der Waals surface area contributed by atoms with Gasteiger partial charge in [-0.05, 0) is 12.1 Å². The molecule has 0 heterocycles. The Kier molecular flexibility index (Phi) is 1.94. The Bertz CT molecular complexity index is 394. The molecule has 1 aromatic rings. The molecule has 0 atom stereocenters. The van der Waals surface area contributed by atoms with Crippen molar-refractivity contribution in [3.63, 3.8) is 0 Å². The highest BCUT2D eigenvalue weighted by atomic mass is 16.3. The zero-order chi connectivity index (χ0) is 9.14. The van der Waals surface area contributed by atoms with Crippen molar-refractivity contribution in [2.75, 3.05) is 5.73 Å². The van der Waals surface area contributed by atoms with E-state index < -0.39 is 0 Å². The monoisotopic (exact) mass is 157 g/mol. The third-order valence-electron chi connectivity index (χ3n) is 1.48. The van der Waals surface area contributed by atoms with E-state index in [0.717, 1.165) is 0 Å². The summed E-state index contributed by atoms with van der Waals surface area (Å²) in [6.07, 6.45) is 10.3. The second kappa shape index (κ2) is 2.90. The van der Waals surface area contributed by atoms with Crippen molar-refractivity contribution in [2.24, 2.45) is 0 Å². The molecule has 1 rings (SSSR count). The number of aromatic hydroxyl groups is 1. The Labute approximate surface area is 71.0 Å². The maximum absolute atomic E-state index is 9.23. The quantitative estimate of drug-likeness (QED) is 0.334. The first-order valence-corrected chi connectivity index (χ1v) is 3.24. The summed E-state index contributed by atoms with van der Waals surface area (Å²) >= 11 is 0. The SMILES string of the molecule is C#Cc1cc(O)c(N)c(C#C)c1. The van der Waals surface area contributed by atoms with Gasteiger partial charge in [0, 0.05) is 5.56 Å². The number of nitrogens with two attached hydrogens (primary N) is 1. The van der Waals surface area contributed by atoms with Crippen LogP contribution in [0.2, 0.25) is 0 Å². The number of nitrogen functional groups attached to an aromatic ring is 1. The average Bonchev–Trinajstić information content (AvgIpc) is 2.09. The van der Waals surface area contributed by atoms with Crippen LogP contribution in [0.4, 0.5) is 5.69 Å². The third kappa shape index (κ3) is 1.19. The summed E-state index contributed by atoms with van der Waals surface area (Å²) in [5.41, 5.74) is 6.59. The lowest BCUT2D eigenvalue weighted by Gasteiger charge is -2.02. The van der Waals surface area contributed by atoms with Gasteiger partial charge in [0.2, 0.25) is 0 Å². The molecular weight excluding hydrogens is 150 g/mol. The first-order chi connectivity index (χ1) is 5.69. The van der Waals surface area contributed by atoms with Crippen molar-refractivity contribution in [3.05, 3.63) is 23.3 Å². The predicted octanol–water partition coefficient (Wildman–Crippen LogP) is 0.937. The lowest BCUT2D eigenvalue weighted by atomic mass is 10.1. The molecule has 0 saturated carbocycles. The van der Waals surface area contributed by atoms with Gasteiger partial charge in [0.15, 0.2) is 0 Å². The molecule has 0 radical (unpaired) electrons. The molecule has 12 heavy (non-hydrogen) atoms. The Hall–Kier alpha value is -2.06. The highest BCUT2D eigenvalue weighted by Gasteiger charge is 2.03. The second-order valence-corrected chi connectivity index (χ2v) is 2.25. The average molecular weight is 157 g/mol. The van der Waals surface area contributed by atoms with Crippen LogP contribution in [0, 0.1) is 24.7 Å². The largest absolute Gasteiger partial charge is 0.506 e. The van der Waals surface area contributed by atoms with Gasteiger partial charge in [0.25, 0.3) is 0 Å². The molecule has 0 spiro atoms. The predicted molar refractivity (Wildman–Crippen MR) is 48.4 cm³/mol. The van der Waals surface area contributed by atoms with Gasteiger partial charge in [-0.3, -0.25) is 0 Å². The van der Waals surface area contributed by atoms with E-state index in [1.807, 2.05) is 0 Å². The molecule has 0 aliphatic heterocycles. The number of anilines is 1. The first-order valence-electron chi connectivity index (χ1n) is 3.24. The van der Waals surface area contributed by atoms with E-state index in [1.165, 1.54) is 6.07 Å². The summed E-state index contributed by atoms with van der Waals surface area (Å²) < 4.78 is 0. The molecule has 2 nitrogen and oxygen atoms in total. The molecule has 0 unspecified atom stereocenters. The van der Waals surface area contributed by atoms with Crippen LogP contribution in [0.5, 0.6) is 5.75 Å². The zero-order valence-corrected chi connectivity index (χ0v) is 6.33. The zero-order valence-electron chi connectivity index (χ0n) is 6.33. The van der Waals surface area contributed by atoms with Crippen molar-refractivity contribution in [1.82, 2.24) is 0 Å². The fourth-order valence-corrected chi connectivity index (χ4v) is 0.841. The van der Waals surface area contributed by atoms with Crippen molar-refractivity contribution in [1.29, 1.82) is 0 Å². The van der Waals surface area contributed by atoms with Crippen LogP contribution >= 0.6 is 0 Å². The van der Waals surface area contributed by atoms with E-state index in [4.69, 9.17) is 18.6 Å². The van der Waals surface area contributed by atoms with Gasteiger partial charge in [-0.15, -0.1) is 12.8 Å². The summed E-state index contributed by atoms with van der Waals surface area (Å²) in [6.45, 7) is 0. The van der Waals surface area contributed by atoms with Gasteiger partial charge in [-0.2, -0.15) is 0 Å². The number of terminal acetylenes is 2.